The van der Waals surface area contributed by atoms with Gasteiger partial charge in [0, 0.05) is 26.1 Å². The standard InChI is InChI=1S/C15H23NO4/c1-3-19-14-8-12(4-5-13(14)17)9-16-10-15(18)6-7-20-11(15)2/h4-5,8,11,16-18H,3,6-7,9-10H2,1-2H3. The van der Waals surface area contributed by atoms with E-state index in [4.69, 9.17) is 9.47 Å². The average Bonchev–Trinajstić information content (AvgIpc) is 2.74. The van der Waals surface area contributed by atoms with Gasteiger partial charge >= 0.3 is 0 Å². The topological polar surface area (TPSA) is 71.0 Å². The van der Waals surface area contributed by atoms with Crippen molar-refractivity contribution >= 4 is 0 Å². The van der Waals surface area contributed by atoms with Crippen LogP contribution in [0.25, 0.3) is 0 Å². The number of ether oxygens (including phenoxy) is 2. The summed E-state index contributed by atoms with van der Waals surface area (Å²) in [6, 6.07) is 5.27. The van der Waals surface area contributed by atoms with Crippen molar-refractivity contribution in [1.82, 2.24) is 5.32 Å². The van der Waals surface area contributed by atoms with E-state index >= 15 is 0 Å². The first-order chi connectivity index (χ1) is 9.55. The number of phenols is 1. The minimum atomic E-state index is -0.792. The molecular weight excluding hydrogens is 258 g/mol. The number of hydrogen-bond donors (Lipinski definition) is 3. The normalized spacial score (nSPS) is 25.9. The Morgan fingerprint density at radius 2 is 2.30 bits per heavy atom. The number of hydrogen-bond acceptors (Lipinski definition) is 5. The van der Waals surface area contributed by atoms with E-state index in [9.17, 15) is 10.2 Å². The molecule has 1 saturated heterocycles. The molecule has 2 atom stereocenters. The maximum absolute atomic E-state index is 10.4. The van der Waals surface area contributed by atoms with Crippen molar-refractivity contribution < 1.29 is 19.7 Å². The van der Waals surface area contributed by atoms with Crippen molar-refractivity contribution in [2.45, 2.75) is 38.5 Å². The Balaban J connectivity index is 1.89. The zero-order valence-electron chi connectivity index (χ0n) is 12.1. The molecule has 0 saturated carbocycles. The fourth-order valence-electron chi connectivity index (χ4n) is 2.37. The molecule has 3 N–H and O–H groups in total. The van der Waals surface area contributed by atoms with Gasteiger partial charge in [-0.3, -0.25) is 0 Å². The van der Waals surface area contributed by atoms with Crippen LogP contribution in [0.3, 0.4) is 0 Å². The van der Waals surface area contributed by atoms with E-state index in [2.05, 4.69) is 5.32 Å². The van der Waals surface area contributed by atoms with Crippen LogP contribution in [0.15, 0.2) is 18.2 Å². The van der Waals surface area contributed by atoms with Crippen molar-refractivity contribution in [3.05, 3.63) is 23.8 Å². The highest BCUT2D eigenvalue weighted by Crippen LogP contribution is 2.27. The quantitative estimate of drug-likeness (QED) is 0.735. The molecule has 1 heterocycles. The molecule has 1 aromatic carbocycles. The van der Waals surface area contributed by atoms with Gasteiger partial charge in [-0.15, -0.1) is 0 Å². The SMILES string of the molecule is CCOc1cc(CNCC2(O)CCOC2C)ccc1O. The van der Waals surface area contributed by atoms with Crippen LogP contribution in [0.4, 0.5) is 0 Å². The molecule has 1 aliphatic rings. The van der Waals surface area contributed by atoms with E-state index in [-0.39, 0.29) is 11.9 Å². The largest absolute Gasteiger partial charge is 0.504 e. The molecule has 1 aromatic rings. The summed E-state index contributed by atoms with van der Waals surface area (Å²) in [5.74, 6) is 0.634. The van der Waals surface area contributed by atoms with E-state index in [0.717, 1.165) is 5.56 Å². The van der Waals surface area contributed by atoms with Gasteiger partial charge in [-0.05, 0) is 31.5 Å². The van der Waals surface area contributed by atoms with Crippen molar-refractivity contribution in [1.29, 1.82) is 0 Å². The first-order valence-electron chi connectivity index (χ1n) is 7.04. The molecule has 20 heavy (non-hydrogen) atoms. The lowest BCUT2D eigenvalue weighted by molar-refractivity contribution is -0.0262. The van der Waals surface area contributed by atoms with Crippen LogP contribution in [0.2, 0.25) is 0 Å². The second kappa shape index (κ2) is 6.43. The average molecular weight is 281 g/mol. The van der Waals surface area contributed by atoms with E-state index in [1.807, 2.05) is 26.0 Å². The first-order valence-corrected chi connectivity index (χ1v) is 7.04. The maximum Gasteiger partial charge on any atom is 0.161 e. The minimum Gasteiger partial charge on any atom is -0.504 e. The molecule has 1 aliphatic heterocycles. The highest BCUT2D eigenvalue weighted by atomic mass is 16.5. The Morgan fingerprint density at radius 1 is 1.50 bits per heavy atom. The summed E-state index contributed by atoms with van der Waals surface area (Å²) in [5, 5.41) is 23.2. The molecule has 0 aromatic heterocycles. The van der Waals surface area contributed by atoms with Crippen molar-refractivity contribution in [3.8, 4) is 11.5 Å². The second-order valence-corrected chi connectivity index (χ2v) is 5.21. The lowest BCUT2D eigenvalue weighted by atomic mass is 9.96. The number of benzene rings is 1. The minimum absolute atomic E-state index is 0.145. The highest BCUT2D eigenvalue weighted by Gasteiger charge is 2.38. The Hall–Kier alpha value is -1.30. The zero-order chi connectivity index (χ0) is 14.6. The number of aliphatic hydroxyl groups is 1. The maximum atomic E-state index is 10.4. The van der Waals surface area contributed by atoms with Crippen LogP contribution in [0.1, 0.15) is 25.8 Å². The summed E-state index contributed by atoms with van der Waals surface area (Å²) >= 11 is 0. The molecule has 2 unspecified atom stereocenters. The van der Waals surface area contributed by atoms with Gasteiger partial charge in [-0.2, -0.15) is 0 Å². The molecule has 0 amide bonds. The number of nitrogens with one attached hydrogen (secondary N) is 1. The molecule has 0 bridgehead atoms. The Labute approximate surface area is 119 Å². The smallest absolute Gasteiger partial charge is 0.161 e. The predicted octanol–water partition coefficient (Wildman–Crippen LogP) is 1.42. The summed E-state index contributed by atoms with van der Waals surface area (Å²) in [6.45, 7) is 5.98. The van der Waals surface area contributed by atoms with Crippen molar-refractivity contribution in [2.75, 3.05) is 19.8 Å². The van der Waals surface area contributed by atoms with Gasteiger partial charge in [-0.1, -0.05) is 6.07 Å². The molecule has 5 nitrogen and oxygen atoms in total. The highest BCUT2D eigenvalue weighted by molar-refractivity contribution is 5.41. The van der Waals surface area contributed by atoms with Crippen LogP contribution in [-0.2, 0) is 11.3 Å². The fourth-order valence-corrected chi connectivity index (χ4v) is 2.37. The lowest BCUT2D eigenvalue weighted by Gasteiger charge is -2.26. The van der Waals surface area contributed by atoms with Gasteiger partial charge in [0.05, 0.1) is 12.7 Å². The summed E-state index contributed by atoms with van der Waals surface area (Å²) in [4.78, 5) is 0. The van der Waals surface area contributed by atoms with E-state index < -0.39 is 5.60 Å². The monoisotopic (exact) mass is 281 g/mol. The van der Waals surface area contributed by atoms with Gasteiger partial charge < -0.3 is 25.0 Å². The number of aromatic hydroxyl groups is 1. The van der Waals surface area contributed by atoms with E-state index in [1.54, 1.807) is 6.07 Å². The predicted molar refractivity (Wildman–Crippen MR) is 76.0 cm³/mol. The molecule has 1 fully saturated rings. The first kappa shape index (κ1) is 15.1. The van der Waals surface area contributed by atoms with Crippen LogP contribution < -0.4 is 10.1 Å². The third-order valence-electron chi connectivity index (χ3n) is 3.74. The molecule has 2 rings (SSSR count). The second-order valence-electron chi connectivity index (χ2n) is 5.21. The molecule has 0 spiro atoms. The van der Waals surface area contributed by atoms with Gasteiger partial charge in [0.15, 0.2) is 11.5 Å². The molecule has 0 aliphatic carbocycles. The van der Waals surface area contributed by atoms with Crippen LogP contribution >= 0.6 is 0 Å². The third kappa shape index (κ3) is 3.42. The van der Waals surface area contributed by atoms with Crippen LogP contribution in [0.5, 0.6) is 11.5 Å². The van der Waals surface area contributed by atoms with Gasteiger partial charge in [-0.25, -0.2) is 0 Å². The van der Waals surface area contributed by atoms with Crippen molar-refractivity contribution in [3.63, 3.8) is 0 Å². The molecule has 0 radical (unpaired) electrons. The van der Waals surface area contributed by atoms with E-state index in [0.29, 0.717) is 38.5 Å². The van der Waals surface area contributed by atoms with Gasteiger partial charge in [0.1, 0.15) is 5.60 Å². The summed E-state index contributed by atoms with van der Waals surface area (Å²) in [5.41, 5.74) is 0.209. The van der Waals surface area contributed by atoms with Crippen LogP contribution in [0, 0.1) is 0 Å². The molecular formula is C15H23NO4. The zero-order valence-corrected chi connectivity index (χ0v) is 12.1. The molecule has 5 heteroatoms. The number of rotatable bonds is 6. The van der Waals surface area contributed by atoms with Crippen LogP contribution in [-0.4, -0.2) is 41.7 Å². The van der Waals surface area contributed by atoms with Gasteiger partial charge in [0.2, 0.25) is 0 Å². The Morgan fingerprint density at radius 3 is 2.95 bits per heavy atom. The summed E-state index contributed by atoms with van der Waals surface area (Å²) in [7, 11) is 0. The fraction of sp³-hybridized carbons (Fsp3) is 0.600. The lowest BCUT2D eigenvalue weighted by Crippen LogP contribution is -2.45. The summed E-state index contributed by atoms with van der Waals surface area (Å²) < 4.78 is 10.7. The summed E-state index contributed by atoms with van der Waals surface area (Å²) in [6.07, 6.45) is 0.509. The Bertz CT molecular complexity index is 451. The number of phenolic OH excluding ortho intramolecular Hbond substituents is 1. The Kier molecular flexibility index (Phi) is 4.86. The van der Waals surface area contributed by atoms with Crippen molar-refractivity contribution in [2.24, 2.45) is 0 Å². The van der Waals surface area contributed by atoms with Gasteiger partial charge in [0.25, 0.3) is 0 Å². The van der Waals surface area contributed by atoms with E-state index in [1.165, 1.54) is 0 Å². The molecule has 112 valence electrons. The third-order valence-corrected chi connectivity index (χ3v) is 3.74.